The van der Waals surface area contributed by atoms with Crippen molar-refractivity contribution < 1.29 is 4.74 Å². The average molecular weight is 756 g/mol. The lowest BCUT2D eigenvalue weighted by Gasteiger charge is -2.48. The van der Waals surface area contributed by atoms with Crippen molar-refractivity contribution in [1.82, 2.24) is 4.57 Å². The Morgan fingerprint density at radius 2 is 0.881 bits per heavy atom. The number of hydrogen-bond acceptors (Lipinski definition) is 3. The third-order valence-corrected chi connectivity index (χ3v) is 12.2. The third kappa shape index (κ3) is 4.90. The molecule has 278 valence electrons. The minimum atomic E-state index is -0.673. The molecular weight excluding hydrogens is 719 g/mol. The van der Waals surface area contributed by atoms with Crippen LogP contribution in [0.2, 0.25) is 0 Å². The predicted molar refractivity (Wildman–Crippen MR) is 242 cm³/mol. The molecule has 0 unspecified atom stereocenters. The first kappa shape index (κ1) is 33.3. The molecule has 0 atom stereocenters. The van der Waals surface area contributed by atoms with Crippen LogP contribution in [0.1, 0.15) is 22.3 Å². The van der Waals surface area contributed by atoms with E-state index in [1.807, 2.05) is 0 Å². The van der Waals surface area contributed by atoms with E-state index in [1.165, 1.54) is 16.5 Å². The number of aromatic nitrogens is 1. The summed E-state index contributed by atoms with van der Waals surface area (Å²) in [6, 6.07) is 80.7. The number of hydrogen-bond donors (Lipinski definition) is 0. The summed E-state index contributed by atoms with van der Waals surface area (Å²) >= 11 is 0. The molecule has 9 aromatic carbocycles. The zero-order chi connectivity index (χ0) is 38.9. The van der Waals surface area contributed by atoms with Gasteiger partial charge in [0.2, 0.25) is 0 Å². The van der Waals surface area contributed by atoms with Crippen LogP contribution in [0.3, 0.4) is 0 Å². The van der Waals surface area contributed by atoms with Crippen molar-refractivity contribution >= 4 is 55.9 Å². The van der Waals surface area contributed by atoms with E-state index in [-0.39, 0.29) is 0 Å². The Bertz CT molecular complexity index is 3100. The van der Waals surface area contributed by atoms with Gasteiger partial charge in [-0.15, -0.1) is 0 Å². The van der Waals surface area contributed by atoms with Gasteiger partial charge in [0.1, 0.15) is 11.5 Å². The molecule has 2 aliphatic rings. The van der Waals surface area contributed by atoms with Crippen LogP contribution in [0.4, 0.5) is 34.1 Å². The number of rotatable bonds is 5. The molecule has 59 heavy (non-hydrogen) atoms. The molecule has 0 saturated carbocycles. The molecule has 0 radical (unpaired) electrons. The SMILES string of the molecule is c1ccc(N(c2ccccc2)c2ccc(-n3c4ccccc4c4cc5c(cc43)C3(c4ccccc4O5)c4ccccc4N(c4ccccc4)c4ccccc43)cc2)cc1. The highest BCUT2D eigenvalue weighted by atomic mass is 16.5. The summed E-state index contributed by atoms with van der Waals surface area (Å²) in [4.78, 5) is 4.72. The van der Waals surface area contributed by atoms with Crippen molar-refractivity contribution in [1.29, 1.82) is 0 Å². The van der Waals surface area contributed by atoms with E-state index in [0.717, 1.165) is 78.9 Å². The van der Waals surface area contributed by atoms with Gasteiger partial charge in [0, 0.05) is 50.3 Å². The third-order valence-electron chi connectivity index (χ3n) is 12.2. The summed E-state index contributed by atoms with van der Waals surface area (Å²) in [6.45, 7) is 0. The molecule has 0 aliphatic carbocycles. The Labute approximate surface area is 343 Å². The first-order valence-corrected chi connectivity index (χ1v) is 20.2. The van der Waals surface area contributed by atoms with Crippen LogP contribution >= 0.6 is 0 Å². The van der Waals surface area contributed by atoms with Gasteiger partial charge in [-0.05, 0) is 108 Å². The normalized spacial score (nSPS) is 13.3. The molecule has 0 amide bonds. The monoisotopic (exact) mass is 755 g/mol. The highest BCUT2D eigenvalue weighted by Crippen LogP contribution is 2.63. The van der Waals surface area contributed by atoms with Crippen LogP contribution in [-0.2, 0) is 5.41 Å². The lowest BCUT2D eigenvalue weighted by Crippen LogP contribution is -2.39. The van der Waals surface area contributed by atoms with Gasteiger partial charge in [0.05, 0.1) is 27.8 Å². The summed E-state index contributed by atoms with van der Waals surface area (Å²) in [7, 11) is 0. The number of anilines is 6. The Kier molecular flexibility index (Phi) is 7.41. The second kappa shape index (κ2) is 13.1. The summed E-state index contributed by atoms with van der Waals surface area (Å²) in [5, 5.41) is 2.33. The Balaban J connectivity index is 1.12. The van der Waals surface area contributed by atoms with Crippen LogP contribution in [0, 0.1) is 0 Å². The molecule has 1 spiro atoms. The first-order valence-electron chi connectivity index (χ1n) is 20.2. The van der Waals surface area contributed by atoms with E-state index in [1.54, 1.807) is 0 Å². The van der Waals surface area contributed by atoms with Gasteiger partial charge in [-0.2, -0.15) is 0 Å². The van der Waals surface area contributed by atoms with Gasteiger partial charge in [-0.1, -0.05) is 127 Å². The van der Waals surface area contributed by atoms with Crippen molar-refractivity contribution in [2.24, 2.45) is 0 Å². The molecule has 3 heterocycles. The number of fused-ring (bicyclic) bond motifs is 11. The average Bonchev–Trinajstić information content (AvgIpc) is 3.63. The van der Waals surface area contributed by atoms with Gasteiger partial charge in [0.15, 0.2) is 0 Å². The van der Waals surface area contributed by atoms with E-state index in [9.17, 15) is 0 Å². The second-order valence-electron chi connectivity index (χ2n) is 15.3. The maximum atomic E-state index is 7.02. The van der Waals surface area contributed by atoms with E-state index >= 15 is 0 Å². The van der Waals surface area contributed by atoms with Crippen LogP contribution in [0.15, 0.2) is 224 Å². The first-order chi connectivity index (χ1) is 29.3. The van der Waals surface area contributed by atoms with Crippen LogP contribution in [0.5, 0.6) is 11.5 Å². The quantitative estimate of drug-likeness (QED) is 0.174. The van der Waals surface area contributed by atoms with E-state index in [2.05, 4.69) is 239 Å². The smallest absolute Gasteiger partial charge is 0.133 e. The Morgan fingerprint density at radius 3 is 1.54 bits per heavy atom. The highest BCUT2D eigenvalue weighted by Gasteiger charge is 2.51. The molecular formula is C55H37N3O. The Morgan fingerprint density at radius 1 is 0.356 bits per heavy atom. The minimum Gasteiger partial charge on any atom is -0.457 e. The van der Waals surface area contributed by atoms with Crippen LogP contribution in [-0.4, -0.2) is 4.57 Å². The van der Waals surface area contributed by atoms with Crippen molar-refractivity contribution in [2.45, 2.75) is 5.41 Å². The number of para-hydroxylation sites is 7. The molecule has 12 rings (SSSR count). The highest BCUT2D eigenvalue weighted by molar-refractivity contribution is 6.10. The molecule has 4 heteroatoms. The summed E-state index contributed by atoms with van der Waals surface area (Å²) in [6.07, 6.45) is 0. The van der Waals surface area contributed by atoms with Gasteiger partial charge in [0.25, 0.3) is 0 Å². The molecule has 10 aromatic rings. The van der Waals surface area contributed by atoms with E-state index in [0.29, 0.717) is 0 Å². The summed E-state index contributed by atoms with van der Waals surface area (Å²) < 4.78 is 9.44. The minimum absolute atomic E-state index is 0.673. The topological polar surface area (TPSA) is 20.6 Å². The largest absolute Gasteiger partial charge is 0.457 e. The van der Waals surface area contributed by atoms with Crippen molar-refractivity contribution in [3.8, 4) is 17.2 Å². The fraction of sp³-hybridized carbons (Fsp3) is 0.0182. The van der Waals surface area contributed by atoms with E-state index < -0.39 is 5.41 Å². The fourth-order valence-electron chi connectivity index (χ4n) is 9.81. The van der Waals surface area contributed by atoms with Crippen LogP contribution < -0.4 is 14.5 Å². The second-order valence-corrected chi connectivity index (χ2v) is 15.3. The molecule has 0 N–H and O–H groups in total. The molecule has 0 bridgehead atoms. The van der Waals surface area contributed by atoms with Gasteiger partial charge >= 0.3 is 0 Å². The van der Waals surface area contributed by atoms with Gasteiger partial charge < -0.3 is 19.1 Å². The fourth-order valence-corrected chi connectivity index (χ4v) is 9.81. The zero-order valence-electron chi connectivity index (χ0n) is 32.1. The predicted octanol–water partition coefficient (Wildman–Crippen LogP) is 14.5. The number of benzene rings is 9. The molecule has 0 saturated heterocycles. The maximum absolute atomic E-state index is 7.02. The van der Waals surface area contributed by atoms with Crippen molar-refractivity contribution in [3.05, 3.63) is 247 Å². The Hall–Kier alpha value is -7.82. The lowest BCUT2D eigenvalue weighted by molar-refractivity contribution is 0.435. The maximum Gasteiger partial charge on any atom is 0.133 e. The van der Waals surface area contributed by atoms with Crippen LogP contribution in [0.25, 0.3) is 27.5 Å². The standard InChI is InChI=1S/C55H37N3O/c1-4-18-38(19-5-1)56(39-20-6-2-7-21-39)41-32-34-42(35-33-41)57-49-28-14-10-24-43(49)44-36-54-48(37-52(44)57)55(47-27-13-17-31-53(47)59-54)45-25-11-15-29-50(45)58(40-22-8-3-9-23-40)51-30-16-12-26-46(51)55/h1-37H. The number of ether oxygens (including phenoxy) is 1. The van der Waals surface area contributed by atoms with E-state index in [4.69, 9.17) is 4.74 Å². The van der Waals surface area contributed by atoms with Gasteiger partial charge in [-0.3, -0.25) is 0 Å². The van der Waals surface area contributed by atoms with Gasteiger partial charge in [-0.25, -0.2) is 0 Å². The molecule has 4 nitrogen and oxygen atoms in total. The summed E-state index contributed by atoms with van der Waals surface area (Å²) in [5.41, 5.74) is 14.1. The molecule has 0 fully saturated rings. The van der Waals surface area contributed by atoms with Crippen molar-refractivity contribution in [3.63, 3.8) is 0 Å². The van der Waals surface area contributed by atoms with Crippen molar-refractivity contribution in [2.75, 3.05) is 9.80 Å². The lowest BCUT2D eigenvalue weighted by atomic mass is 9.61. The zero-order valence-corrected chi connectivity index (χ0v) is 32.1. The number of nitrogens with zero attached hydrogens (tertiary/aromatic N) is 3. The molecule has 2 aliphatic heterocycles. The summed E-state index contributed by atoms with van der Waals surface area (Å²) in [5.74, 6) is 1.74. The molecule has 1 aromatic heterocycles.